The number of likely N-dealkylation sites (N-methyl/N-ethyl adjacent to an activating group) is 1. The predicted octanol–water partition coefficient (Wildman–Crippen LogP) is 4.03. The van der Waals surface area contributed by atoms with E-state index in [2.05, 4.69) is 33.4 Å². The highest BCUT2D eigenvalue weighted by Crippen LogP contribution is 2.33. The first kappa shape index (κ1) is 15.4. The van der Waals surface area contributed by atoms with E-state index in [-0.39, 0.29) is 6.04 Å². The Morgan fingerprint density at radius 2 is 2.00 bits per heavy atom. The van der Waals surface area contributed by atoms with Gasteiger partial charge in [0.05, 0.1) is 18.0 Å². The standard InChI is InChI=1S/C15H18BrNO2S/c1-17-13(9-11-5-7-15(16)20-11)12-8-10(18-2)4-6-14(12)19-3/h4-8,13,17H,9H2,1-3H3. The van der Waals surface area contributed by atoms with E-state index in [0.717, 1.165) is 27.3 Å². The number of nitrogens with one attached hydrogen (secondary N) is 1. The second-order valence-corrected chi connectivity index (χ2v) is 6.91. The first-order valence-electron chi connectivity index (χ1n) is 6.31. The summed E-state index contributed by atoms with van der Waals surface area (Å²) in [5.41, 5.74) is 1.11. The van der Waals surface area contributed by atoms with Gasteiger partial charge in [-0.2, -0.15) is 0 Å². The molecule has 0 bridgehead atoms. The highest BCUT2D eigenvalue weighted by Gasteiger charge is 2.17. The third kappa shape index (κ3) is 3.53. The van der Waals surface area contributed by atoms with Crippen molar-refractivity contribution in [3.05, 3.63) is 44.6 Å². The summed E-state index contributed by atoms with van der Waals surface area (Å²) in [7, 11) is 5.34. The molecule has 0 fully saturated rings. The lowest BCUT2D eigenvalue weighted by Crippen LogP contribution is -2.19. The van der Waals surface area contributed by atoms with Gasteiger partial charge < -0.3 is 14.8 Å². The molecule has 2 aromatic rings. The fourth-order valence-electron chi connectivity index (χ4n) is 2.14. The molecule has 0 aliphatic carbocycles. The third-order valence-electron chi connectivity index (χ3n) is 3.19. The molecule has 0 amide bonds. The molecule has 1 unspecified atom stereocenters. The average molecular weight is 356 g/mol. The Kier molecular flexibility index (Phi) is 5.46. The Morgan fingerprint density at radius 1 is 1.20 bits per heavy atom. The topological polar surface area (TPSA) is 30.5 Å². The van der Waals surface area contributed by atoms with Crippen LogP contribution >= 0.6 is 27.3 Å². The molecule has 0 spiro atoms. The van der Waals surface area contributed by atoms with Crippen molar-refractivity contribution in [1.82, 2.24) is 5.32 Å². The molecule has 0 radical (unpaired) electrons. The number of halogens is 1. The van der Waals surface area contributed by atoms with Crippen molar-refractivity contribution >= 4 is 27.3 Å². The second kappa shape index (κ2) is 7.11. The zero-order chi connectivity index (χ0) is 14.5. The van der Waals surface area contributed by atoms with Gasteiger partial charge in [-0.05, 0) is 53.3 Å². The van der Waals surface area contributed by atoms with Crippen LogP contribution in [0.5, 0.6) is 11.5 Å². The van der Waals surface area contributed by atoms with Crippen LogP contribution < -0.4 is 14.8 Å². The Bertz CT molecular complexity index is 571. The summed E-state index contributed by atoms with van der Waals surface area (Å²) in [4.78, 5) is 1.32. The molecule has 1 N–H and O–H groups in total. The van der Waals surface area contributed by atoms with Gasteiger partial charge in [-0.1, -0.05) is 0 Å². The summed E-state index contributed by atoms with van der Waals surface area (Å²) in [6, 6.07) is 10.3. The molecule has 5 heteroatoms. The van der Waals surface area contributed by atoms with Crippen molar-refractivity contribution in [2.45, 2.75) is 12.5 Å². The van der Waals surface area contributed by atoms with Gasteiger partial charge in [-0.3, -0.25) is 0 Å². The third-order valence-corrected chi connectivity index (χ3v) is 4.84. The first-order valence-corrected chi connectivity index (χ1v) is 7.92. The lowest BCUT2D eigenvalue weighted by Gasteiger charge is -2.19. The molecule has 0 saturated carbocycles. The fraction of sp³-hybridized carbons (Fsp3) is 0.333. The molecular weight excluding hydrogens is 338 g/mol. The Balaban J connectivity index is 2.30. The van der Waals surface area contributed by atoms with Gasteiger partial charge in [0.25, 0.3) is 0 Å². The first-order chi connectivity index (χ1) is 9.67. The van der Waals surface area contributed by atoms with E-state index in [1.165, 1.54) is 4.88 Å². The van der Waals surface area contributed by atoms with Crippen LogP contribution in [-0.4, -0.2) is 21.3 Å². The molecule has 0 saturated heterocycles. The van der Waals surface area contributed by atoms with E-state index in [9.17, 15) is 0 Å². The highest BCUT2D eigenvalue weighted by molar-refractivity contribution is 9.11. The molecule has 1 heterocycles. The van der Waals surface area contributed by atoms with Gasteiger partial charge in [-0.25, -0.2) is 0 Å². The molecule has 108 valence electrons. The molecule has 2 rings (SSSR count). The molecule has 0 aliphatic rings. The molecular formula is C15H18BrNO2S. The summed E-state index contributed by atoms with van der Waals surface area (Å²) < 4.78 is 11.9. The zero-order valence-electron chi connectivity index (χ0n) is 11.8. The van der Waals surface area contributed by atoms with Crippen LogP contribution in [0.4, 0.5) is 0 Å². The summed E-state index contributed by atoms with van der Waals surface area (Å²) >= 11 is 5.26. The minimum atomic E-state index is 0.186. The maximum absolute atomic E-state index is 5.47. The van der Waals surface area contributed by atoms with Crippen LogP contribution in [0, 0.1) is 0 Å². The number of ether oxygens (including phenoxy) is 2. The van der Waals surface area contributed by atoms with Crippen molar-refractivity contribution in [2.75, 3.05) is 21.3 Å². The lowest BCUT2D eigenvalue weighted by molar-refractivity contribution is 0.391. The van der Waals surface area contributed by atoms with E-state index in [1.54, 1.807) is 25.6 Å². The second-order valence-electron chi connectivity index (χ2n) is 4.36. The smallest absolute Gasteiger partial charge is 0.123 e. The van der Waals surface area contributed by atoms with Crippen LogP contribution in [0.1, 0.15) is 16.5 Å². The van der Waals surface area contributed by atoms with Gasteiger partial charge in [-0.15, -0.1) is 11.3 Å². The summed E-state index contributed by atoms with van der Waals surface area (Å²) in [5, 5.41) is 3.36. The minimum Gasteiger partial charge on any atom is -0.497 e. The summed E-state index contributed by atoms with van der Waals surface area (Å²) in [6.45, 7) is 0. The van der Waals surface area contributed by atoms with Crippen LogP contribution in [0.3, 0.4) is 0 Å². The van der Waals surface area contributed by atoms with Crippen molar-refractivity contribution in [2.24, 2.45) is 0 Å². The summed E-state index contributed by atoms with van der Waals surface area (Å²) in [5.74, 6) is 1.72. The monoisotopic (exact) mass is 355 g/mol. The number of hydrogen-bond acceptors (Lipinski definition) is 4. The van der Waals surface area contributed by atoms with Crippen LogP contribution in [-0.2, 0) is 6.42 Å². The fourth-order valence-corrected chi connectivity index (χ4v) is 3.67. The van der Waals surface area contributed by atoms with Crippen molar-refractivity contribution < 1.29 is 9.47 Å². The van der Waals surface area contributed by atoms with Crippen molar-refractivity contribution in [3.8, 4) is 11.5 Å². The molecule has 20 heavy (non-hydrogen) atoms. The Morgan fingerprint density at radius 3 is 2.55 bits per heavy atom. The number of thiophene rings is 1. The predicted molar refractivity (Wildman–Crippen MR) is 87.1 cm³/mol. The molecule has 1 atom stereocenters. The number of methoxy groups -OCH3 is 2. The van der Waals surface area contributed by atoms with Crippen LogP contribution in [0.2, 0.25) is 0 Å². The van der Waals surface area contributed by atoms with Crippen molar-refractivity contribution in [3.63, 3.8) is 0 Å². The van der Waals surface area contributed by atoms with E-state index in [0.29, 0.717) is 0 Å². The minimum absolute atomic E-state index is 0.186. The lowest BCUT2D eigenvalue weighted by atomic mass is 10.0. The molecule has 1 aromatic heterocycles. The Hall–Kier alpha value is -1.04. The summed E-state index contributed by atoms with van der Waals surface area (Å²) in [6.07, 6.45) is 0.913. The maximum Gasteiger partial charge on any atom is 0.123 e. The number of hydrogen-bond donors (Lipinski definition) is 1. The largest absolute Gasteiger partial charge is 0.497 e. The quantitative estimate of drug-likeness (QED) is 0.848. The van der Waals surface area contributed by atoms with Gasteiger partial charge in [0, 0.05) is 22.9 Å². The Labute approximate surface area is 132 Å². The van der Waals surface area contributed by atoms with Crippen LogP contribution in [0.25, 0.3) is 0 Å². The van der Waals surface area contributed by atoms with Gasteiger partial charge in [0.1, 0.15) is 11.5 Å². The van der Waals surface area contributed by atoms with Gasteiger partial charge >= 0.3 is 0 Å². The SMILES string of the molecule is CNC(Cc1ccc(Br)s1)c1cc(OC)ccc1OC. The van der Waals surface area contributed by atoms with Gasteiger partial charge in [0.2, 0.25) is 0 Å². The van der Waals surface area contributed by atoms with E-state index in [4.69, 9.17) is 9.47 Å². The number of rotatable bonds is 6. The van der Waals surface area contributed by atoms with E-state index >= 15 is 0 Å². The van der Waals surface area contributed by atoms with E-state index in [1.807, 2.05) is 25.2 Å². The maximum atomic E-state index is 5.47. The zero-order valence-corrected chi connectivity index (χ0v) is 14.2. The van der Waals surface area contributed by atoms with E-state index < -0.39 is 0 Å². The van der Waals surface area contributed by atoms with Crippen molar-refractivity contribution in [1.29, 1.82) is 0 Å². The average Bonchev–Trinajstić information content (AvgIpc) is 2.89. The molecule has 3 nitrogen and oxygen atoms in total. The van der Waals surface area contributed by atoms with Gasteiger partial charge in [0.15, 0.2) is 0 Å². The number of benzene rings is 1. The van der Waals surface area contributed by atoms with Crippen LogP contribution in [0.15, 0.2) is 34.1 Å². The molecule has 1 aromatic carbocycles. The normalized spacial score (nSPS) is 12.2. The highest BCUT2D eigenvalue weighted by atomic mass is 79.9. The molecule has 0 aliphatic heterocycles.